The molecule has 2 aromatic heterocycles. The summed E-state index contributed by atoms with van der Waals surface area (Å²) in [5.74, 6) is 1.25. The number of aromatic nitrogens is 2. The van der Waals surface area contributed by atoms with Gasteiger partial charge in [-0.15, -0.1) is 0 Å². The highest BCUT2D eigenvalue weighted by Gasteiger charge is 2.28. The third-order valence-electron chi connectivity index (χ3n) is 6.67. The van der Waals surface area contributed by atoms with Crippen molar-refractivity contribution in [1.29, 1.82) is 0 Å². The van der Waals surface area contributed by atoms with Crippen LogP contribution in [-0.2, 0) is 0 Å². The summed E-state index contributed by atoms with van der Waals surface area (Å²) < 4.78 is 0. The van der Waals surface area contributed by atoms with Gasteiger partial charge in [-0.25, -0.2) is 9.97 Å². The van der Waals surface area contributed by atoms with Crippen LogP contribution in [0.3, 0.4) is 0 Å². The number of amides is 1. The van der Waals surface area contributed by atoms with Crippen LogP contribution in [0.15, 0.2) is 42.7 Å². The molecule has 3 aliphatic rings. The maximum absolute atomic E-state index is 12.1. The predicted molar refractivity (Wildman–Crippen MR) is 123 cm³/mol. The van der Waals surface area contributed by atoms with Crippen molar-refractivity contribution < 1.29 is 4.79 Å². The van der Waals surface area contributed by atoms with Gasteiger partial charge in [0.2, 0.25) is 5.91 Å². The van der Waals surface area contributed by atoms with E-state index in [9.17, 15) is 4.79 Å². The number of pyridine rings is 2. The first-order valence-corrected chi connectivity index (χ1v) is 11.4. The molecule has 2 fully saturated rings. The average molecular weight is 419 g/mol. The van der Waals surface area contributed by atoms with Crippen molar-refractivity contribution in [1.82, 2.24) is 14.9 Å². The Labute approximate surface area is 183 Å². The van der Waals surface area contributed by atoms with Crippen LogP contribution in [0, 0.1) is 0 Å². The van der Waals surface area contributed by atoms with E-state index in [1.807, 2.05) is 24.4 Å². The fraction of sp³-hybridized carbons (Fsp3) is 0.458. The Kier molecular flexibility index (Phi) is 5.49. The molecule has 7 heteroatoms. The van der Waals surface area contributed by atoms with Crippen LogP contribution in [-0.4, -0.2) is 52.5 Å². The van der Waals surface area contributed by atoms with Crippen LogP contribution in [0.2, 0.25) is 0 Å². The molecule has 1 atom stereocenters. The third kappa shape index (κ3) is 4.36. The number of rotatable bonds is 5. The van der Waals surface area contributed by atoms with Crippen LogP contribution in [0.1, 0.15) is 48.9 Å². The molecule has 1 amide bonds. The summed E-state index contributed by atoms with van der Waals surface area (Å²) in [5, 5.41) is 3.58. The van der Waals surface area contributed by atoms with Gasteiger partial charge in [-0.05, 0) is 49.7 Å². The molecule has 3 N–H and O–H groups in total. The number of hydrogen-bond acceptors (Lipinski definition) is 6. The molecule has 1 aliphatic carbocycles. The minimum Gasteiger partial charge on any atom is -0.371 e. The highest BCUT2D eigenvalue weighted by Crippen LogP contribution is 2.28. The summed E-state index contributed by atoms with van der Waals surface area (Å²) in [6.45, 7) is 2.73. The lowest BCUT2D eigenvalue weighted by molar-refractivity contribution is 0.1000. The molecule has 0 radical (unpaired) electrons. The Morgan fingerprint density at radius 1 is 1.13 bits per heavy atom. The van der Waals surface area contributed by atoms with Crippen LogP contribution in [0.25, 0.3) is 11.3 Å². The van der Waals surface area contributed by atoms with Crippen LogP contribution >= 0.6 is 0 Å². The molecule has 2 aromatic rings. The maximum atomic E-state index is 12.1. The van der Waals surface area contributed by atoms with E-state index in [-0.39, 0.29) is 0 Å². The summed E-state index contributed by atoms with van der Waals surface area (Å²) in [6.07, 6.45) is 13.5. The van der Waals surface area contributed by atoms with E-state index >= 15 is 0 Å². The van der Waals surface area contributed by atoms with Gasteiger partial charge in [0, 0.05) is 49.0 Å². The number of primary amides is 1. The molecule has 162 valence electrons. The third-order valence-corrected chi connectivity index (χ3v) is 6.67. The second-order valence-corrected chi connectivity index (χ2v) is 8.83. The molecule has 5 rings (SSSR count). The second kappa shape index (κ2) is 8.57. The molecule has 0 aromatic carbocycles. The molecule has 0 spiro atoms. The molecule has 7 nitrogen and oxygen atoms in total. The topological polar surface area (TPSA) is 87.4 Å². The number of fused-ring (bicyclic) bond motifs is 1. The molecule has 31 heavy (non-hydrogen) atoms. The summed E-state index contributed by atoms with van der Waals surface area (Å²) >= 11 is 0. The molecule has 1 unspecified atom stereocenters. The molecular weight excluding hydrogens is 388 g/mol. The Morgan fingerprint density at radius 3 is 2.84 bits per heavy atom. The van der Waals surface area contributed by atoms with Gasteiger partial charge in [-0.3, -0.25) is 4.79 Å². The van der Waals surface area contributed by atoms with E-state index in [0.29, 0.717) is 17.6 Å². The maximum Gasteiger partial charge on any atom is 0.248 e. The Morgan fingerprint density at radius 2 is 2.00 bits per heavy atom. The number of nitrogens with two attached hydrogens (primary N) is 1. The quantitative estimate of drug-likeness (QED) is 0.774. The summed E-state index contributed by atoms with van der Waals surface area (Å²) in [4.78, 5) is 26.2. The second-order valence-electron chi connectivity index (χ2n) is 8.83. The van der Waals surface area contributed by atoms with E-state index in [4.69, 9.17) is 10.7 Å². The van der Waals surface area contributed by atoms with E-state index < -0.39 is 5.91 Å². The zero-order chi connectivity index (χ0) is 21.2. The Bertz CT molecular complexity index is 984. The van der Waals surface area contributed by atoms with Crippen molar-refractivity contribution in [2.75, 3.05) is 29.9 Å². The zero-order valence-corrected chi connectivity index (χ0v) is 17.8. The molecule has 0 bridgehead atoms. The minimum atomic E-state index is -0.430. The van der Waals surface area contributed by atoms with Gasteiger partial charge in [-0.1, -0.05) is 25.3 Å². The number of nitrogens with one attached hydrogen (secondary N) is 1. The fourth-order valence-corrected chi connectivity index (χ4v) is 4.93. The number of hydrogen-bond donors (Lipinski definition) is 2. The van der Waals surface area contributed by atoms with E-state index in [1.165, 1.54) is 32.1 Å². The SMILES string of the molecule is NC(=O)c1cc(-c2ccnc(NC3CCCCC3)c2)nc(N2CCN3C=CCC3C2)c1. The summed E-state index contributed by atoms with van der Waals surface area (Å²) in [6, 6.07) is 8.55. The lowest BCUT2D eigenvalue weighted by Gasteiger charge is -2.39. The van der Waals surface area contributed by atoms with E-state index in [2.05, 4.69) is 32.4 Å². The fourth-order valence-electron chi connectivity index (χ4n) is 4.93. The van der Waals surface area contributed by atoms with E-state index in [1.54, 1.807) is 6.07 Å². The first-order chi connectivity index (χ1) is 15.2. The standard InChI is InChI=1S/C24H30N6O/c25-24(31)18-13-21(17-8-9-26-22(14-17)27-19-5-2-1-3-6-19)28-23(15-18)30-12-11-29-10-4-7-20(29)16-30/h4,8-10,13-15,19-20H,1-3,5-7,11-12,16H2,(H2,25,31)(H,26,27). The highest BCUT2D eigenvalue weighted by atomic mass is 16.1. The van der Waals surface area contributed by atoms with Crippen molar-refractivity contribution in [3.05, 3.63) is 48.3 Å². The van der Waals surface area contributed by atoms with Gasteiger partial charge < -0.3 is 20.9 Å². The van der Waals surface area contributed by atoms with Gasteiger partial charge in [0.25, 0.3) is 0 Å². The molecular formula is C24H30N6O. The zero-order valence-electron chi connectivity index (χ0n) is 17.8. The van der Waals surface area contributed by atoms with Crippen molar-refractivity contribution in [2.45, 2.75) is 50.6 Å². The largest absolute Gasteiger partial charge is 0.371 e. The lowest BCUT2D eigenvalue weighted by atomic mass is 9.95. The predicted octanol–water partition coefficient (Wildman–Crippen LogP) is 3.40. The van der Waals surface area contributed by atoms with Gasteiger partial charge in [0.1, 0.15) is 11.6 Å². The lowest BCUT2D eigenvalue weighted by Crippen LogP contribution is -2.49. The van der Waals surface area contributed by atoms with Crippen molar-refractivity contribution in [3.63, 3.8) is 0 Å². The summed E-state index contributed by atoms with van der Waals surface area (Å²) in [5.41, 5.74) is 7.86. The minimum absolute atomic E-state index is 0.430. The number of anilines is 2. The summed E-state index contributed by atoms with van der Waals surface area (Å²) in [7, 11) is 0. The normalized spacial score (nSPS) is 21.2. The van der Waals surface area contributed by atoms with Crippen molar-refractivity contribution >= 4 is 17.5 Å². The van der Waals surface area contributed by atoms with Gasteiger partial charge in [-0.2, -0.15) is 0 Å². The number of piperazine rings is 1. The van der Waals surface area contributed by atoms with Crippen molar-refractivity contribution in [2.24, 2.45) is 5.73 Å². The highest BCUT2D eigenvalue weighted by molar-refractivity contribution is 5.94. The Hall–Kier alpha value is -3.09. The monoisotopic (exact) mass is 418 g/mol. The van der Waals surface area contributed by atoms with Gasteiger partial charge in [0.05, 0.1) is 5.69 Å². The molecule has 1 saturated carbocycles. The average Bonchev–Trinajstić information content (AvgIpc) is 3.27. The smallest absolute Gasteiger partial charge is 0.248 e. The van der Waals surface area contributed by atoms with E-state index in [0.717, 1.165) is 48.9 Å². The van der Waals surface area contributed by atoms with Crippen LogP contribution < -0.4 is 16.0 Å². The number of carbonyl (C=O) groups excluding carboxylic acids is 1. The first kappa shape index (κ1) is 19.8. The van der Waals surface area contributed by atoms with Crippen LogP contribution in [0.5, 0.6) is 0 Å². The number of carbonyl (C=O) groups is 1. The first-order valence-electron chi connectivity index (χ1n) is 11.4. The van der Waals surface area contributed by atoms with Crippen molar-refractivity contribution in [3.8, 4) is 11.3 Å². The molecule has 1 saturated heterocycles. The Balaban J connectivity index is 1.42. The molecule has 2 aliphatic heterocycles. The number of nitrogens with zero attached hydrogens (tertiary/aromatic N) is 4. The van der Waals surface area contributed by atoms with Crippen LogP contribution in [0.4, 0.5) is 11.6 Å². The molecule has 4 heterocycles. The van der Waals surface area contributed by atoms with Gasteiger partial charge in [0.15, 0.2) is 0 Å². The van der Waals surface area contributed by atoms with Gasteiger partial charge >= 0.3 is 0 Å².